The van der Waals surface area contributed by atoms with Crippen LogP contribution in [0.4, 0.5) is 23.8 Å². The highest BCUT2D eigenvalue weighted by atomic mass is 19.4. The number of rotatable bonds is 3. The number of carbonyl (C=O) groups excluding carboxylic acids is 2. The molecule has 2 aliphatic heterocycles. The van der Waals surface area contributed by atoms with Gasteiger partial charge in [0.25, 0.3) is 0 Å². The summed E-state index contributed by atoms with van der Waals surface area (Å²) in [6, 6.07) is -0.0560. The molecular formula is C17H22F3N6O2+. The van der Waals surface area contributed by atoms with Crippen LogP contribution in [0.1, 0.15) is 24.4 Å². The van der Waals surface area contributed by atoms with E-state index in [9.17, 15) is 22.8 Å². The Kier molecular flexibility index (Phi) is 5.37. The molecule has 3 heterocycles. The number of aromatic nitrogens is 2. The number of carbonyl (C=O) groups is 2. The highest BCUT2D eigenvalue weighted by molar-refractivity contribution is 6.06. The maximum Gasteiger partial charge on any atom is 0.500 e. The second kappa shape index (κ2) is 7.46. The number of hydrogen-bond acceptors (Lipinski definition) is 6. The van der Waals surface area contributed by atoms with E-state index in [-0.39, 0.29) is 29.6 Å². The largest absolute Gasteiger partial charge is 0.500 e. The van der Waals surface area contributed by atoms with Crippen LogP contribution in [0.5, 0.6) is 0 Å². The summed E-state index contributed by atoms with van der Waals surface area (Å²) in [5.74, 6) is -0.0905. The first-order valence-electron chi connectivity index (χ1n) is 8.89. The summed E-state index contributed by atoms with van der Waals surface area (Å²) < 4.78 is 40.1. The molecule has 152 valence electrons. The van der Waals surface area contributed by atoms with Crippen LogP contribution in [-0.2, 0) is 11.0 Å². The van der Waals surface area contributed by atoms with Gasteiger partial charge < -0.3 is 5.32 Å². The first-order chi connectivity index (χ1) is 13.1. The van der Waals surface area contributed by atoms with Gasteiger partial charge in [-0.05, 0) is 19.8 Å². The lowest BCUT2D eigenvalue weighted by Crippen LogP contribution is -2.58. The van der Waals surface area contributed by atoms with Crippen LogP contribution >= 0.6 is 0 Å². The highest BCUT2D eigenvalue weighted by Gasteiger charge is 2.42. The molecule has 3 amide bonds. The molecule has 1 unspecified atom stereocenters. The molecule has 0 bridgehead atoms. The Morgan fingerprint density at radius 1 is 1.21 bits per heavy atom. The maximum absolute atomic E-state index is 12.9. The van der Waals surface area contributed by atoms with Crippen LogP contribution < -0.4 is 5.32 Å². The monoisotopic (exact) mass is 399 g/mol. The predicted molar refractivity (Wildman–Crippen MR) is 94.2 cm³/mol. The predicted octanol–water partition coefficient (Wildman–Crippen LogP) is 1.35. The number of anilines is 1. The summed E-state index contributed by atoms with van der Waals surface area (Å²) >= 11 is 0. The molecule has 1 saturated heterocycles. The van der Waals surface area contributed by atoms with Crippen LogP contribution in [0.2, 0.25) is 0 Å². The van der Waals surface area contributed by atoms with Crippen LogP contribution in [0.25, 0.3) is 0 Å². The minimum atomic E-state index is -4.53. The van der Waals surface area contributed by atoms with E-state index in [1.54, 1.807) is 13.3 Å². The number of nitrogens with one attached hydrogen (secondary N) is 1. The number of imide groups is 1. The molecule has 1 atom stereocenters. The van der Waals surface area contributed by atoms with Gasteiger partial charge in [0.1, 0.15) is 23.6 Å². The van der Waals surface area contributed by atoms with Crippen LogP contribution in [0.15, 0.2) is 6.07 Å². The number of likely N-dealkylation sites (tertiary alicyclic amines) is 1. The van der Waals surface area contributed by atoms with Crippen LogP contribution in [0.3, 0.4) is 0 Å². The van der Waals surface area contributed by atoms with Crippen molar-refractivity contribution in [3.63, 3.8) is 0 Å². The summed E-state index contributed by atoms with van der Waals surface area (Å²) in [5.41, 5.74) is -0.974. The van der Waals surface area contributed by atoms with Gasteiger partial charge in [-0.3, -0.25) is 4.90 Å². The Balaban J connectivity index is 1.64. The number of amides is 3. The zero-order chi connectivity index (χ0) is 20.6. The van der Waals surface area contributed by atoms with Crippen molar-refractivity contribution in [3.05, 3.63) is 17.6 Å². The molecule has 11 heteroatoms. The van der Waals surface area contributed by atoms with Crippen molar-refractivity contribution >= 4 is 24.0 Å². The van der Waals surface area contributed by atoms with Gasteiger partial charge in [0, 0.05) is 25.2 Å². The summed E-state index contributed by atoms with van der Waals surface area (Å²) in [6.45, 7) is 2.55. The van der Waals surface area contributed by atoms with E-state index < -0.39 is 17.9 Å². The molecular weight excluding hydrogens is 377 g/mol. The van der Waals surface area contributed by atoms with Crippen molar-refractivity contribution in [2.45, 2.75) is 38.0 Å². The van der Waals surface area contributed by atoms with E-state index >= 15 is 0 Å². The second-order valence-corrected chi connectivity index (χ2v) is 7.02. The van der Waals surface area contributed by atoms with Gasteiger partial charge in [-0.1, -0.05) is 0 Å². The van der Waals surface area contributed by atoms with Gasteiger partial charge in [-0.2, -0.15) is 22.9 Å². The maximum atomic E-state index is 12.9. The van der Waals surface area contributed by atoms with Gasteiger partial charge in [-0.15, -0.1) is 0 Å². The number of aryl methyl sites for hydroxylation is 1. The Morgan fingerprint density at radius 3 is 2.46 bits per heavy atom. The fourth-order valence-electron chi connectivity index (χ4n) is 3.44. The molecule has 0 aromatic carbocycles. The smallest absolute Gasteiger partial charge is 0.367 e. The number of urea groups is 1. The standard InChI is InChI=1S/C17H22F3N6O2/c1-10-21-13(17(18,19)20)8-14(22-10)23-11-4-6-26(7-5-11)12-9-24(2)16(28)25(3)15(12)27/h8-9,11-12H,4-7H2,1-3H3,(H,21,22,23)/q+1. The third kappa shape index (κ3) is 4.13. The third-order valence-corrected chi connectivity index (χ3v) is 4.94. The number of likely N-dealkylation sites (N-methyl/N-ethyl adjacent to an activating group) is 1. The van der Waals surface area contributed by atoms with Crippen molar-refractivity contribution in [2.24, 2.45) is 0 Å². The van der Waals surface area contributed by atoms with E-state index in [1.165, 1.54) is 18.5 Å². The van der Waals surface area contributed by atoms with E-state index in [0.717, 1.165) is 11.0 Å². The molecule has 1 N–H and O–H groups in total. The molecule has 1 fully saturated rings. The fourth-order valence-corrected chi connectivity index (χ4v) is 3.44. The minimum Gasteiger partial charge on any atom is -0.367 e. The van der Waals surface area contributed by atoms with Gasteiger partial charge >= 0.3 is 18.1 Å². The minimum absolute atomic E-state index is 0.0490. The number of alkyl halides is 3. The zero-order valence-corrected chi connectivity index (χ0v) is 15.8. The van der Waals surface area contributed by atoms with E-state index in [4.69, 9.17) is 0 Å². The SMILES string of the molecule is Cc1nc(NC2CCN(C3C=[N+](C)C(=O)N(C)C3=O)CC2)cc(C(F)(F)F)n1. The quantitative estimate of drug-likeness (QED) is 0.773. The van der Waals surface area contributed by atoms with Crippen LogP contribution in [0, 0.1) is 6.92 Å². The molecule has 8 nitrogen and oxygen atoms in total. The van der Waals surface area contributed by atoms with E-state index in [0.29, 0.717) is 25.9 Å². The molecule has 1 aromatic rings. The van der Waals surface area contributed by atoms with Gasteiger partial charge in [0.05, 0.1) is 14.1 Å². The van der Waals surface area contributed by atoms with Crippen molar-refractivity contribution in [2.75, 3.05) is 32.5 Å². The number of nitrogens with zero attached hydrogens (tertiary/aromatic N) is 5. The molecule has 1 aromatic heterocycles. The van der Waals surface area contributed by atoms with Crippen molar-refractivity contribution in [3.8, 4) is 0 Å². The van der Waals surface area contributed by atoms with Gasteiger partial charge in [-0.25, -0.2) is 19.3 Å². The number of piperidine rings is 1. The van der Waals surface area contributed by atoms with Crippen molar-refractivity contribution in [1.29, 1.82) is 0 Å². The fraction of sp³-hybridized carbons (Fsp3) is 0.588. The highest BCUT2D eigenvalue weighted by Crippen LogP contribution is 2.29. The average molecular weight is 399 g/mol. The Labute approximate surface area is 160 Å². The van der Waals surface area contributed by atoms with Crippen LogP contribution in [-0.4, -0.2) is 81.8 Å². The topological polar surface area (TPSA) is 81.4 Å². The molecule has 28 heavy (non-hydrogen) atoms. The molecule has 2 aliphatic rings. The normalized spacial score (nSPS) is 22.4. The van der Waals surface area contributed by atoms with Gasteiger partial charge in [0.2, 0.25) is 0 Å². The van der Waals surface area contributed by atoms with Crippen molar-refractivity contribution < 1.29 is 27.3 Å². The second-order valence-electron chi connectivity index (χ2n) is 7.02. The average Bonchev–Trinajstić information content (AvgIpc) is 2.62. The molecule has 0 radical (unpaired) electrons. The number of hydrogen-bond donors (Lipinski definition) is 1. The molecule has 0 spiro atoms. The number of halogens is 3. The molecule has 3 rings (SSSR count). The van der Waals surface area contributed by atoms with Crippen molar-refractivity contribution in [1.82, 2.24) is 19.8 Å². The molecule has 0 aliphatic carbocycles. The van der Waals surface area contributed by atoms with E-state index in [1.807, 2.05) is 4.90 Å². The lowest BCUT2D eigenvalue weighted by molar-refractivity contribution is -0.401. The zero-order valence-electron chi connectivity index (χ0n) is 15.8. The Hall–Kier alpha value is -2.56. The summed E-state index contributed by atoms with van der Waals surface area (Å²) in [5, 5.41) is 3.05. The first-order valence-corrected chi connectivity index (χ1v) is 8.89. The lowest BCUT2D eigenvalue weighted by Gasteiger charge is -2.36. The molecule has 0 saturated carbocycles. The first kappa shape index (κ1) is 20.2. The summed E-state index contributed by atoms with van der Waals surface area (Å²) in [6.07, 6.45) is -1.67. The summed E-state index contributed by atoms with van der Waals surface area (Å²) in [4.78, 5) is 34.8. The Morgan fingerprint density at radius 2 is 1.86 bits per heavy atom. The lowest BCUT2D eigenvalue weighted by atomic mass is 10.0. The van der Waals surface area contributed by atoms with Gasteiger partial charge in [0.15, 0.2) is 6.04 Å². The Bertz CT molecular complexity index is 818. The summed E-state index contributed by atoms with van der Waals surface area (Å²) in [7, 11) is 3.05. The van der Waals surface area contributed by atoms with E-state index in [2.05, 4.69) is 15.3 Å². The third-order valence-electron chi connectivity index (χ3n) is 4.94.